The first kappa shape index (κ1) is 24.8. The third kappa shape index (κ3) is 5.84. The predicted molar refractivity (Wildman–Crippen MR) is 137 cm³/mol. The van der Waals surface area contributed by atoms with Gasteiger partial charge in [-0.25, -0.2) is 4.79 Å². The number of ether oxygens (including phenoxy) is 3. The molecule has 0 unspecified atom stereocenters. The van der Waals surface area contributed by atoms with Crippen molar-refractivity contribution in [2.24, 2.45) is 5.73 Å². The van der Waals surface area contributed by atoms with Crippen molar-refractivity contribution in [3.05, 3.63) is 83.6 Å². The van der Waals surface area contributed by atoms with Crippen molar-refractivity contribution in [1.82, 2.24) is 0 Å². The summed E-state index contributed by atoms with van der Waals surface area (Å²) in [7, 11) is 1.29. The maximum absolute atomic E-state index is 12.1. The maximum atomic E-state index is 12.1. The van der Waals surface area contributed by atoms with Gasteiger partial charge in [-0.1, -0.05) is 24.3 Å². The summed E-state index contributed by atoms with van der Waals surface area (Å²) in [6.45, 7) is 2.71. The fourth-order valence-electron chi connectivity index (χ4n) is 3.92. The van der Waals surface area contributed by atoms with Crippen molar-refractivity contribution < 1.29 is 28.2 Å². The number of carbonyl (C=O) groups is 2. The number of methoxy groups -OCH3 is 1. The summed E-state index contributed by atoms with van der Waals surface area (Å²) < 4.78 is 21.7. The molecule has 0 fully saturated rings. The number of hydrogen-bond donors (Lipinski definition) is 2. The quantitative estimate of drug-likeness (QED) is 0.302. The molecule has 4 rings (SSSR count). The van der Waals surface area contributed by atoms with Gasteiger partial charge in [-0.2, -0.15) is 0 Å². The molecule has 0 saturated heterocycles. The van der Waals surface area contributed by atoms with Crippen molar-refractivity contribution >= 4 is 28.7 Å². The highest BCUT2D eigenvalue weighted by atomic mass is 16.5. The SMILES string of the molecule is CCOC(=O)Cc1ccc(NC(=O)OC)cc1OCc1cc(-c2cccc(CN)c2)c2occc2c1. The molecule has 0 bridgehead atoms. The normalized spacial score (nSPS) is 10.8. The molecule has 186 valence electrons. The number of anilines is 1. The van der Waals surface area contributed by atoms with E-state index in [1.54, 1.807) is 31.4 Å². The molecular weight excluding hydrogens is 460 g/mol. The topological polar surface area (TPSA) is 113 Å². The minimum Gasteiger partial charge on any atom is -0.489 e. The molecule has 0 saturated carbocycles. The van der Waals surface area contributed by atoms with Crippen molar-refractivity contribution in [2.45, 2.75) is 26.5 Å². The number of esters is 1. The number of furan rings is 1. The van der Waals surface area contributed by atoms with E-state index in [1.165, 1.54) is 7.11 Å². The molecule has 36 heavy (non-hydrogen) atoms. The Morgan fingerprint density at radius 2 is 1.89 bits per heavy atom. The Hall–Kier alpha value is -4.30. The van der Waals surface area contributed by atoms with E-state index < -0.39 is 6.09 Å². The minimum absolute atomic E-state index is 0.0412. The van der Waals surface area contributed by atoms with Gasteiger partial charge in [0.2, 0.25) is 0 Å². The zero-order chi connectivity index (χ0) is 25.5. The summed E-state index contributed by atoms with van der Waals surface area (Å²) >= 11 is 0. The summed E-state index contributed by atoms with van der Waals surface area (Å²) in [5.41, 5.74) is 11.6. The molecule has 0 atom stereocenters. The van der Waals surface area contributed by atoms with E-state index >= 15 is 0 Å². The van der Waals surface area contributed by atoms with Gasteiger partial charge in [0.1, 0.15) is 17.9 Å². The highest BCUT2D eigenvalue weighted by molar-refractivity contribution is 5.93. The summed E-state index contributed by atoms with van der Waals surface area (Å²) in [4.78, 5) is 23.8. The van der Waals surface area contributed by atoms with Crippen LogP contribution < -0.4 is 15.8 Å². The molecule has 3 aromatic carbocycles. The summed E-state index contributed by atoms with van der Waals surface area (Å²) in [6.07, 6.45) is 1.10. The standard InChI is InChI=1S/C28H28N2O6/c1-3-34-26(31)14-21-7-8-23(30-28(32)33-2)15-25(21)36-17-19-12-22-9-10-35-27(22)24(13-19)20-6-4-5-18(11-20)16-29/h4-13,15H,3,14,16-17,29H2,1-2H3,(H,30,32). The van der Waals surface area contributed by atoms with Crippen LogP contribution in [0.5, 0.6) is 5.75 Å². The highest BCUT2D eigenvalue weighted by Crippen LogP contribution is 2.33. The molecule has 0 aliphatic rings. The van der Waals surface area contributed by atoms with Gasteiger partial charge in [-0.3, -0.25) is 10.1 Å². The number of nitrogens with one attached hydrogen (secondary N) is 1. The van der Waals surface area contributed by atoms with Gasteiger partial charge in [-0.15, -0.1) is 0 Å². The first-order chi connectivity index (χ1) is 17.5. The van der Waals surface area contributed by atoms with Crippen LogP contribution in [-0.2, 0) is 33.8 Å². The van der Waals surface area contributed by atoms with Crippen molar-refractivity contribution in [1.29, 1.82) is 0 Å². The van der Waals surface area contributed by atoms with E-state index in [1.807, 2.05) is 42.5 Å². The Morgan fingerprint density at radius 1 is 1.03 bits per heavy atom. The smallest absolute Gasteiger partial charge is 0.411 e. The van der Waals surface area contributed by atoms with Crippen LogP contribution >= 0.6 is 0 Å². The van der Waals surface area contributed by atoms with Crippen molar-refractivity contribution in [3.63, 3.8) is 0 Å². The summed E-state index contributed by atoms with van der Waals surface area (Å²) in [5, 5.41) is 3.56. The molecule has 0 aliphatic carbocycles. The average molecular weight is 489 g/mol. The number of rotatable bonds is 9. The van der Waals surface area contributed by atoms with Gasteiger partial charge in [-0.05, 0) is 53.9 Å². The van der Waals surface area contributed by atoms with E-state index in [2.05, 4.69) is 10.1 Å². The van der Waals surface area contributed by atoms with Crippen LogP contribution in [0.25, 0.3) is 22.1 Å². The third-order valence-electron chi connectivity index (χ3n) is 5.62. The molecule has 1 heterocycles. The molecule has 1 amide bonds. The van der Waals surface area contributed by atoms with E-state index in [0.29, 0.717) is 23.5 Å². The molecule has 0 spiro atoms. The lowest BCUT2D eigenvalue weighted by Crippen LogP contribution is -2.12. The number of fused-ring (bicyclic) bond motifs is 1. The summed E-state index contributed by atoms with van der Waals surface area (Å²) in [6, 6.07) is 19.0. The van der Waals surface area contributed by atoms with Gasteiger partial charge >= 0.3 is 12.1 Å². The zero-order valence-electron chi connectivity index (χ0n) is 20.2. The van der Waals surface area contributed by atoms with Gasteiger partial charge in [0.25, 0.3) is 0 Å². The number of carbonyl (C=O) groups excluding carboxylic acids is 2. The first-order valence-electron chi connectivity index (χ1n) is 11.6. The second-order valence-electron chi connectivity index (χ2n) is 8.10. The number of amides is 1. The van der Waals surface area contributed by atoms with E-state index in [4.69, 9.17) is 19.6 Å². The zero-order valence-corrected chi connectivity index (χ0v) is 20.2. The lowest BCUT2D eigenvalue weighted by molar-refractivity contribution is -0.142. The monoisotopic (exact) mass is 488 g/mol. The lowest BCUT2D eigenvalue weighted by atomic mass is 9.99. The molecule has 0 radical (unpaired) electrons. The number of nitrogens with two attached hydrogens (primary N) is 1. The number of benzene rings is 3. The van der Waals surface area contributed by atoms with Crippen LogP contribution in [0.3, 0.4) is 0 Å². The van der Waals surface area contributed by atoms with Crippen molar-refractivity contribution in [2.75, 3.05) is 19.0 Å². The minimum atomic E-state index is -0.603. The molecule has 3 N–H and O–H groups in total. The average Bonchev–Trinajstić information content (AvgIpc) is 3.37. The van der Waals surface area contributed by atoms with E-state index in [0.717, 1.165) is 33.2 Å². The first-order valence-corrected chi connectivity index (χ1v) is 11.6. The molecule has 1 aromatic heterocycles. The van der Waals surface area contributed by atoms with E-state index in [9.17, 15) is 9.59 Å². The van der Waals surface area contributed by atoms with E-state index in [-0.39, 0.29) is 25.6 Å². The van der Waals surface area contributed by atoms with Crippen molar-refractivity contribution in [3.8, 4) is 16.9 Å². The Balaban J connectivity index is 1.65. The van der Waals surface area contributed by atoms with Crippen LogP contribution in [0, 0.1) is 0 Å². The van der Waals surface area contributed by atoms with Crippen LogP contribution in [0.4, 0.5) is 10.5 Å². The van der Waals surface area contributed by atoms with Crippen LogP contribution in [0.2, 0.25) is 0 Å². The van der Waals surface area contributed by atoms with Crippen LogP contribution in [0.1, 0.15) is 23.6 Å². The van der Waals surface area contributed by atoms with Crippen LogP contribution in [-0.4, -0.2) is 25.8 Å². The van der Waals surface area contributed by atoms with Crippen LogP contribution in [0.15, 0.2) is 71.3 Å². The summed E-state index contributed by atoms with van der Waals surface area (Å²) in [5.74, 6) is 0.0915. The second-order valence-corrected chi connectivity index (χ2v) is 8.10. The third-order valence-corrected chi connectivity index (χ3v) is 5.62. The van der Waals surface area contributed by atoms with Gasteiger partial charge in [0.05, 0.1) is 26.4 Å². The predicted octanol–water partition coefficient (Wildman–Crippen LogP) is 5.42. The molecule has 8 nitrogen and oxygen atoms in total. The lowest BCUT2D eigenvalue weighted by Gasteiger charge is -2.14. The Morgan fingerprint density at radius 3 is 2.67 bits per heavy atom. The maximum Gasteiger partial charge on any atom is 0.411 e. The van der Waals surface area contributed by atoms with Gasteiger partial charge < -0.3 is 24.4 Å². The Kier molecular flexibility index (Phi) is 7.87. The molecule has 8 heteroatoms. The van der Waals surface area contributed by atoms with Gasteiger partial charge in [0.15, 0.2) is 0 Å². The second kappa shape index (κ2) is 11.4. The fourth-order valence-corrected chi connectivity index (χ4v) is 3.92. The fraction of sp³-hybridized carbons (Fsp3) is 0.214. The Labute approximate surface area is 208 Å². The molecule has 4 aromatic rings. The number of hydrogen-bond acceptors (Lipinski definition) is 7. The molecule has 0 aliphatic heterocycles. The largest absolute Gasteiger partial charge is 0.489 e. The van der Waals surface area contributed by atoms with Gasteiger partial charge in [0, 0.05) is 34.8 Å². The Bertz CT molecular complexity index is 1380. The highest BCUT2D eigenvalue weighted by Gasteiger charge is 2.15. The molecular formula is C28H28N2O6.